The number of hydrogen-bond donors (Lipinski definition) is 0. The van der Waals surface area contributed by atoms with E-state index in [1.165, 1.54) is 148 Å². The Balaban J connectivity index is 4.34. The van der Waals surface area contributed by atoms with Crippen LogP contribution in [0, 0.1) is 0 Å². The first-order valence-corrected chi connectivity index (χ1v) is 24.3. The van der Waals surface area contributed by atoms with Crippen molar-refractivity contribution in [2.24, 2.45) is 0 Å². The zero-order valence-electron chi connectivity index (χ0n) is 37.4. The van der Waals surface area contributed by atoms with E-state index in [9.17, 15) is 14.4 Å². The number of allylic oxidation sites excluding steroid dienone is 4. The van der Waals surface area contributed by atoms with Gasteiger partial charge in [-0.05, 0) is 64.2 Å². The number of ether oxygens (including phenoxy) is 3. The number of rotatable bonds is 44. The largest absolute Gasteiger partial charge is 0.462 e. The highest BCUT2D eigenvalue weighted by Gasteiger charge is 2.19. The molecule has 0 aromatic carbocycles. The number of carbonyl (C=O) groups excluding carboxylic acids is 3. The van der Waals surface area contributed by atoms with Crippen LogP contribution in [0.15, 0.2) is 24.3 Å². The molecule has 0 rings (SSSR count). The van der Waals surface area contributed by atoms with E-state index in [2.05, 4.69) is 45.1 Å². The number of carbonyl (C=O) groups is 3. The summed E-state index contributed by atoms with van der Waals surface area (Å²) in [7, 11) is 0. The molecule has 0 radical (unpaired) electrons. The summed E-state index contributed by atoms with van der Waals surface area (Å²) in [6.45, 7) is 6.58. The van der Waals surface area contributed by atoms with Crippen molar-refractivity contribution in [2.75, 3.05) is 13.2 Å². The van der Waals surface area contributed by atoms with E-state index in [0.29, 0.717) is 19.3 Å². The number of esters is 3. The van der Waals surface area contributed by atoms with Crippen LogP contribution in [-0.2, 0) is 28.6 Å². The second-order valence-electron chi connectivity index (χ2n) is 16.4. The van der Waals surface area contributed by atoms with Crippen LogP contribution >= 0.6 is 0 Å². The first-order chi connectivity index (χ1) is 27.5. The topological polar surface area (TPSA) is 78.9 Å². The lowest BCUT2D eigenvalue weighted by Gasteiger charge is -2.18. The van der Waals surface area contributed by atoms with Crippen LogP contribution in [0.5, 0.6) is 0 Å². The van der Waals surface area contributed by atoms with Crippen LogP contribution in [0.4, 0.5) is 0 Å². The van der Waals surface area contributed by atoms with Gasteiger partial charge in [0.1, 0.15) is 13.2 Å². The normalized spacial score (nSPS) is 12.1. The predicted octanol–water partition coefficient (Wildman–Crippen LogP) is 15.6. The molecular weight excluding hydrogens is 697 g/mol. The molecular formula is C50H92O6. The quantitative estimate of drug-likeness (QED) is 0.0265. The number of unbranched alkanes of at least 4 members (excludes halogenated alkanes) is 29. The van der Waals surface area contributed by atoms with Gasteiger partial charge in [0.05, 0.1) is 0 Å². The highest BCUT2D eigenvalue weighted by Crippen LogP contribution is 2.15. The van der Waals surface area contributed by atoms with Gasteiger partial charge in [0.2, 0.25) is 0 Å². The summed E-state index contributed by atoms with van der Waals surface area (Å²) in [5, 5.41) is 0. The molecule has 0 aromatic heterocycles. The van der Waals surface area contributed by atoms with Crippen molar-refractivity contribution in [2.45, 2.75) is 264 Å². The molecule has 0 spiro atoms. The molecule has 6 heteroatoms. The highest BCUT2D eigenvalue weighted by atomic mass is 16.6. The molecule has 0 bridgehead atoms. The molecule has 0 aromatic rings. The lowest BCUT2D eigenvalue weighted by atomic mass is 10.0. The summed E-state index contributed by atoms with van der Waals surface area (Å²) < 4.78 is 16.7. The third-order valence-corrected chi connectivity index (χ3v) is 10.7. The number of hydrogen-bond acceptors (Lipinski definition) is 6. The summed E-state index contributed by atoms with van der Waals surface area (Å²) in [5.41, 5.74) is 0. The molecule has 328 valence electrons. The molecule has 0 unspecified atom stereocenters. The molecule has 0 N–H and O–H groups in total. The monoisotopic (exact) mass is 789 g/mol. The zero-order chi connectivity index (χ0) is 40.8. The van der Waals surface area contributed by atoms with Crippen LogP contribution in [0.25, 0.3) is 0 Å². The van der Waals surface area contributed by atoms with Gasteiger partial charge in [0.15, 0.2) is 6.10 Å². The minimum atomic E-state index is -0.771. The Bertz CT molecular complexity index is 911. The smallest absolute Gasteiger partial charge is 0.306 e. The molecule has 0 aliphatic rings. The Labute approximate surface area is 347 Å². The van der Waals surface area contributed by atoms with Gasteiger partial charge in [-0.1, -0.05) is 199 Å². The van der Waals surface area contributed by atoms with Crippen molar-refractivity contribution in [3.05, 3.63) is 24.3 Å². The van der Waals surface area contributed by atoms with E-state index in [4.69, 9.17) is 14.2 Å². The van der Waals surface area contributed by atoms with Crippen molar-refractivity contribution >= 4 is 17.9 Å². The first-order valence-electron chi connectivity index (χ1n) is 24.3. The van der Waals surface area contributed by atoms with Crippen LogP contribution in [0.1, 0.15) is 258 Å². The van der Waals surface area contributed by atoms with E-state index in [1.807, 2.05) is 0 Å². The van der Waals surface area contributed by atoms with Gasteiger partial charge in [0.25, 0.3) is 0 Å². The summed E-state index contributed by atoms with van der Waals surface area (Å²) in [6, 6.07) is 0. The van der Waals surface area contributed by atoms with Gasteiger partial charge in [0, 0.05) is 19.3 Å². The van der Waals surface area contributed by atoms with Crippen LogP contribution in [0.2, 0.25) is 0 Å². The highest BCUT2D eigenvalue weighted by molar-refractivity contribution is 5.71. The lowest BCUT2D eigenvalue weighted by Crippen LogP contribution is -2.30. The molecule has 1 atom stereocenters. The Hall–Kier alpha value is -2.11. The molecule has 0 heterocycles. The van der Waals surface area contributed by atoms with E-state index in [-0.39, 0.29) is 31.1 Å². The molecule has 0 amide bonds. The predicted molar refractivity (Wildman–Crippen MR) is 238 cm³/mol. The van der Waals surface area contributed by atoms with Crippen LogP contribution in [0.3, 0.4) is 0 Å². The van der Waals surface area contributed by atoms with E-state index in [1.54, 1.807) is 0 Å². The SMILES string of the molecule is CCCC/C=C\CCCCCCCC(=O)O[C@H](COC(=O)CCCCCCCCC/C=C\CCCCCC)COC(=O)CCCCCCCCCCCCCC. The van der Waals surface area contributed by atoms with Gasteiger partial charge in [-0.15, -0.1) is 0 Å². The molecule has 0 aliphatic heterocycles. The third kappa shape index (κ3) is 43.0. The summed E-state index contributed by atoms with van der Waals surface area (Å²) >= 11 is 0. The average Bonchev–Trinajstić information content (AvgIpc) is 3.19. The third-order valence-electron chi connectivity index (χ3n) is 10.7. The van der Waals surface area contributed by atoms with Crippen molar-refractivity contribution in [1.82, 2.24) is 0 Å². The fourth-order valence-electron chi connectivity index (χ4n) is 6.95. The molecule has 0 saturated carbocycles. The van der Waals surface area contributed by atoms with Crippen molar-refractivity contribution in [1.29, 1.82) is 0 Å². The maximum absolute atomic E-state index is 12.7. The van der Waals surface area contributed by atoms with E-state index in [0.717, 1.165) is 70.6 Å². The maximum atomic E-state index is 12.7. The van der Waals surface area contributed by atoms with Crippen LogP contribution in [-0.4, -0.2) is 37.2 Å². The van der Waals surface area contributed by atoms with Gasteiger partial charge in [-0.2, -0.15) is 0 Å². The Morgan fingerprint density at radius 2 is 0.607 bits per heavy atom. The van der Waals surface area contributed by atoms with Gasteiger partial charge < -0.3 is 14.2 Å². The van der Waals surface area contributed by atoms with Crippen molar-refractivity contribution < 1.29 is 28.6 Å². The molecule has 0 fully saturated rings. The molecule has 0 saturated heterocycles. The first kappa shape index (κ1) is 53.9. The minimum absolute atomic E-state index is 0.0728. The molecule has 0 aliphatic carbocycles. The van der Waals surface area contributed by atoms with Crippen molar-refractivity contribution in [3.8, 4) is 0 Å². The van der Waals surface area contributed by atoms with Gasteiger partial charge in [-0.25, -0.2) is 0 Å². The summed E-state index contributed by atoms with van der Waals surface area (Å²) in [4.78, 5) is 37.8. The van der Waals surface area contributed by atoms with E-state index < -0.39 is 6.10 Å². The van der Waals surface area contributed by atoms with Gasteiger partial charge >= 0.3 is 17.9 Å². The second-order valence-corrected chi connectivity index (χ2v) is 16.4. The lowest BCUT2D eigenvalue weighted by molar-refractivity contribution is -0.167. The Morgan fingerprint density at radius 1 is 0.339 bits per heavy atom. The fourth-order valence-corrected chi connectivity index (χ4v) is 6.95. The van der Waals surface area contributed by atoms with E-state index >= 15 is 0 Å². The van der Waals surface area contributed by atoms with Gasteiger partial charge in [-0.3, -0.25) is 14.4 Å². The summed E-state index contributed by atoms with van der Waals surface area (Å²) in [6.07, 6.45) is 50.1. The minimum Gasteiger partial charge on any atom is -0.462 e. The molecule has 6 nitrogen and oxygen atoms in total. The van der Waals surface area contributed by atoms with Crippen molar-refractivity contribution in [3.63, 3.8) is 0 Å². The summed E-state index contributed by atoms with van der Waals surface area (Å²) in [5.74, 6) is -0.880. The van der Waals surface area contributed by atoms with Crippen LogP contribution < -0.4 is 0 Å². The fraction of sp³-hybridized carbons (Fsp3) is 0.860. The maximum Gasteiger partial charge on any atom is 0.306 e. The zero-order valence-corrected chi connectivity index (χ0v) is 37.4. The Kier molecular flexibility index (Phi) is 43.9. The standard InChI is InChI=1S/C50H92O6/c1-4-7-10-13-16-19-22-24-25-26-29-31-34-37-40-43-49(52)55-46-47(56-50(53)44-41-38-35-32-27-21-18-15-12-9-6-3)45-54-48(51)42-39-36-33-30-28-23-20-17-14-11-8-5-2/h15,18-19,22,47H,4-14,16-17,20-21,23-46H2,1-3H3/b18-15-,22-19-/t47-/m0/s1. The Morgan fingerprint density at radius 3 is 0.964 bits per heavy atom. The molecule has 56 heavy (non-hydrogen) atoms. The second kappa shape index (κ2) is 45.6. The average molecular weight is 789 g/mol.